The SMILES string of the molecule is COc1ccc(Br)c(C(=O)N2CCC(N3CCC(OC)CC3)CC2)c1. The van der Waals surface area contributed by atoms with Gasteiger partial charge in [-0.25, -0.2) is 0 Å². The lowest BCUT2D eigenvalue weighted by Crippen LogP contribution is -2.49. The van der Waals surface area contributed by atoms with E-state index in [1.807, 2.05) is 23.1 Å². The second-order valence-electron chi connectivity index (χ2n) is 6.84. The van der Waals surface area contributed by atoms with Gasteiger partial charge in [-0.2, -0.15) is 0 Å². The molecule has 0 saturated carbocycles. The van der Waals surface area contributed by atoms with Gasteiger partial charge in [0.05, 0.1) is 18.8 Å². The quantitative estimate of drug-likeness (QED) is 0.764. The molecule has 0 atom stereocenters. The van der Waals surface area contributed by atoms with E-state index in [1.165, 1.54) is 0 Å². The fourth-order valence-corrected chi connectivity index (χ4v) is 4.29. The normalized spacial score (nSPS) is 20.7. The third-order valence-corrected chi connectivity index (χ3v) is 6.17. The highest BCUT2D eigenvalue weighted by molar-refractivity contribution is 9.10. The number of carbonyl (C=O) groups excluding carboxylic acids is 1. The van der Waals surface area contributed by atoms with Crippen LogP contribution in [0, 0.1) is 0 Å². The minimum Gasteiger partial charge on any atom is -0.497 e. The zero-order valence-electron chi connectivity index (χ0n) is 15.0. The Bertz CT molecular complexity index is 594. The minimum absolute atomic E-state index is 0.0855. The van der Waals surface area contributed by atoms with Gasteiger partial charge in [-0.3, -0.25) is 4.79 Å². The average molecular weight is 411 g/mol. The Morgan fingerprint density at radius 1 is 1.08 bits per heavy atom. The van der Waals surface area contributed by atoms with Gasteiger partial charge >= 0.3 is 0 Å². The molecule has 0 aromatic heterocycles. The highest BCUT2D eigenvalue weighted by Gasteiger charge is 2.30. The van der Waals surface area contributed by atoms with Crippen LogP contribution in [-0.2, 0) is 4.74 Å². The molecular formula is C19H27BrN2O3. The van der Waals surface area contributed by atoms with Crippen LogP contribution in [0.25, 0.3) is 0 Å². The average Bonchev–Trinajstić information content (AvgIpc) is 2.68. The first-order valence-electron chi connectivity index (χ1n) is 9.02. The van der Waals surface area contributed by atoms with E-state index < -0.39 is 0 Å². The standard InChI is InChI=1S/C19H27BrN2O3/c1-24-15-7-11-21(12-8-15)14-5-9-22(10-6-14)19(23)17-13-16(25-2)3-4-18(17)20/h3-4,13-15H,5-12H2,1-2H3. The third kappa shape index (κ3) is 4.36. The molecule has 2 fully saturated rings. The predicted octanol–water partition coefficient (Wildman–Crippen LogP) is 3.17. The van der Waals surface area contributed by atoms with Crippen molar-refractivity contribution in [1.82, 2.24) is 9.80 Å². The van der Waals surface area contributed by atoms with Crippen LogP contribution in [0.3, 0.4) is 0 Å². The van der Waals surface area contributed by atoms with Crippen LogP contribution >= 0.6 is 15.9 Å². The molecule has 0 unspecified atom stereocenters. The summed E-state index contributed by atoms with van der Waals surface area (Å²) < 4.78 is 11.5. The smallest absolute Gasteiger partial charge is 0.255 e. The summed E-state index contributed by atoms with van der Waals surface area (Å²) in [4.78, 5) is 17.4. The van der Waals surface area contributed by atoms with Crippen LogP contribution in [0.5, 0.6) is 5.75 Å². The molecule has 1 amide bonds. The fourth-order valence-electron chi connectivity index (χ4n) is 3.88. The van der Waals surface area contributed by atoms with Gasteiger partial charge in [0.15, 0.2) is 0 Å². The second-order valence-corrected chi connectivity index (χ2v) is 7.69. The number of likely N-dealkylation sites (tertiary alicyclic amines) is 2. The van der Waals surface area contributed by atoms with Crippen molar-refractivity contribution in [2.75, 3.05) is 40.4 Å². The van der Waals surface area contributed by atoms with Crippen molar-refractivity contribution in [3.63, 3.8) is 0 Å². The van der Waals surface area contributed by atoms with E-state index in [0.29, 0.717) is 23.5 Å². The number of ether oxygens (including phenoxy) is 2. The largest absolute Gasteiger partial charge is 0.497 e. The molecule has 0 spiro atoms. The van der Waals surface area contributed by atoms with E-state index in [4.69, 9.17) is 9.47 Å². The lowest BCUT2D eigenvalue weighted by atomic mass is 9.98. The molecule has 2 aliphatic rings. The molecule has 5 nitrogen and oxygen atoms in total. The number of methoxy groups -OCH3 is 2. The Balaban J connectivity index is 1.56. The van der Waals surface area contributed by atoms with Crippen molar-refractivity contribution in [2.45, 2.75) is 37.8 Å². The van der Waals surface area contributed by atoms with Crippen molar-refractivity contribution >= 4 is 21.8 Å². The van der Waals surface area contributed by atoms with E-state index in [0.717, 1.165) is 56.3 Å². The summed E-state index contributed by atoms with van der Waals surface area (Å²) in [6, 6.07) is 6.14. The number of carbonyl (C=O) groups is 1. The van der Waals surface area contributed by atoms with Gasteiger partial charge in [-0.15, -0.1) is 0 Å². The molecule has 1 aromatic carbocycles. The number of benzene rings is 1. The number of hydrogen-bond donors (Lipinski definition) is 0. The molecular weight excluding hydrogens is 384 g/mol. The van der Waals surface area contributed by atoms with Gasteiger partial charge in [0.25, 0.3) is 5.91 Å². The summed E-state index contributed by atoms with van der Waals surface area (Å²) in [6.07, 6.45) is 4.75. The van der Waals surface area contributed by atoms with Crippen LogP contribution < -0.4 is 4.74 Å². The fraction of sp³-hybridized carbons (Fsp3) is 0.632. The third-order valence-electron chi connectivity index (χ3n) is 5.48. The summed E-state index contributed by atoms with van der Waals surface area (Å²) in [5, 5.41) is 0. The molecule has 25 heavy (non-hydrogen) atoms. The second kappa shape index (κ2) is 8.52. The van der Waals surface area contributed by atoms with E-state index >= 15 is 0 Å². The lowest BCUT2D eigenvalue weighted by molar-refractivity contribution is 0.0145. The Labute approximate surface area is 158 Å². The Morgan fingerprint density at radius 2 is 1.76 bits per heavy atom. The summed E-state index contributed by atoms with van der Waals surface area (Å²) in [6.45, 7) is 3.85. The number of rotatable bonds is 4. The van der Waals surface area contributed by atoms with Crippen molar-refractivity contribution in [2.24, 2.45) is 0 Å². The van der Waals surface area contributed by atoms with Crippen molar-refractivity contribution in [3.05, 3.63) is 28.2 Å². The summed E-state index contributed by atoms with van der Waals surface area (Å²) in [5.74, 6) is 0.796. The van der Waals surface area contributed by atoms with Crippen LogP contribution in [0.1, 0.15) is 36.0 Å². The van der Waals surface area contributed by atoms with E-state index in [1.54, 1.807) is 14.2 Å². The maximum Gasteiger partial charge on any atom is 0.255 e. The molecule has 138 valence electrons. The van der Waals surface area contributed by atoms with E-state index in [-0.39, 0.29) is 5.91 Å². The molecule has 0 bridgehead atoms. The van der Waals surface area contributed by atoms with E-state index in [9.17, 15) is 4.79 Å². The number of hydrogen-bond acceptors (Lipinski definition) is 4. The van der Waals surface area contributed by atoms with Gasteiger partial charge in [-0.05, 0) is 59.8 Å². The van der Waals surface area contributed by atoms with Gasteiger partial charge in [0.2, 0.25) is 0 Å². The molecule has 2 saturated heterocycles. The number of halogens is 1. The highest BCUT2D eigenvalue weighted by Crippen LogP contribution is 2.27. The molecule has 1 aromatic rings. The van der Waals surface area contributed by atoms with Gasteiger partial charge in [0, 0.05) is 43.8 Å². The Morgan fingerprint density at radius 3 is 2.36 bits per heavy atom. The van der Waals surface area contributed by atoms with Crippen LogP contribution in [0.2, 0.25) is 0 Å². The first-order chi connectivity index (χ1) is 12.1. The summed E-state index contributed by atoms with van der Waals surface area (Å²) in [5.41, 5.74) is 0.679. The zero-order chi connectivity index (χ0) is 17.8. The van der Waals surface area contributed by atoms with Crippen molar-refractivity contribution < 1.29 is 14.3 Å². The molecule has 0 N–H and O–H groups in total. The number of amides is 1. The molecule has 2 heterocycles. The molecule has 0 aliphatic carbocycles. The minimum atomic E-state index is 0.0855. The van der Waals surface area contributed by atoms with Gasteiger partial charge < -0.3 is 19.3 Å². The number of piperidine rings is 2. The Kier molecular flexibility index (Phi) is 6.36. The number of nitrogens with zero attached hydrogens (tertiary/aromatic N) is 2. The van der Waals surface area contributed by atoms with Crippen molar-refractivity contribution in [1.29, 1.82) is 0 Å². The summed E-state index contributed by atoms with van der Waals surface area (Å²) >= 11 is 3.49. The first kappa shape index (κ1) is 18.7. The topological polar surface area (TPSA) is 42.0 Å². The van der Waals surface area contributed by atoms with Gasteiger partial charge in [-0.1, -0.05) is 0 Å². The van der Waals surface area contributed by atoms with Crippen LogP contribution in [-0.4, -0.2) is 68.3 Å². The molecule has 2 aliphatic heterocycles. The van der Waals surface area contributed by atoms with E-state index in [2.05, 4.69) is 20.8 Å². The molecule has 3 rings (SSSR count). The predicted molar refractivity (Wildman–Crippen MR) is 101 cm³/mol. The zero-order valence-corrected chi connectivity index (χ0v) is 16.6. The van der Waals surface area contributed by atoms with Gasteiger partial charge in [0.1, 0.15) is 5.75 Å². The molecule has 6 heteroatoms. The molecule has 0 radical (unpaired) electrons. The lowest BCUT2D eigenvalue weighted by Gasteiger charge is -2.41. The van der Waals surface area contributed by atoms with Crippen LogP contribution in [0.4, 0.5) is 0 Å². The highest BCUT2D eigenvalue weighted by atomic mass is 79.9. The first-order valence-corrected chi connectivity index (χ1v) is 9.81. The van der Waals surface area contributed by atoms with Crippen molar-refractivity contribution in [3.8, 4) is 5.75 Å². The monoisotopic (exact) mass is 410 g/mol. The van der Waals surface area contributed by atoms with Crippen LogP contribution in [0.15, 0.2) is 22.7 Å². The maximum absolute atomic E-state index is 12.9. The Hall–Kier alpha value is -1.11. The maximum atomic E-state index is 12.9. The summed E-state index contributed by atoms with van der Waals surface area (Å²) in [7, 11) is 3.43.